The van der Waals surface area contributed by atoms with Gasteiger partial charge in [0.2, 0.25) is 5.91 Å². The average Bonchev–Trinajstić information content (AvgIpc) is 1.81. The first-order valence-electron chi connectivity index (χ1n) is 3.90. The lowest BCUT2D eigenvalue weighted by atomic mass is 10.2. The van der Waals surface area contributed by atoms with Crippen LogP contribution < -0.4 is 0 Å². The molecule has 0 radical (unpaired) electrons. The number of hydrogen-bond acceptors (Lipinski definition) is 2. The molecule has 0 rings (SSSR count). The fraction of sp³-hybridized carbons (Fsp3) is 0.875. The SMILES string of the molecule is CC(=O)N(CC(C)O)C(C)C. The molecule has 66 valence electrons. The smallest absolute Gasteiger partial charge is 0.219 e. The van der Waals surface area contributed by atoms with Crippen LogP contribution in [0.3, 0.4) is 0 Å². The molecule has 0 aliphatic carbocycles. The van der Waals surface area contributed by atoms with E-state index in [-0.39, 0.29) is 11.9 Å². The first-order chi connectivity index (χ1) is 4.95. The van der Waals surface area contributed by atoms with Gasteiger partial charge in [-0.3, -0.25) is 4.79 Å². The highest BCUT2D eigenvalue weighted by molar-refractivity contribution is 5.73. The zero-order chi connectivity index (χ0) is 9.02. The molecule has 1 amide bonds. The van der Waals surface area contributed by atoms with Gasteiger partial charge in [0.25, 0.3) is 0 Å². The summed E-state index contributed by atoms with van der Waals surface area (Å²) in [5.41, 5.74) is 0. The van der Waals surface area contributed by atoms with Crippen LogP contribution in [0.25, 0.3) is 0 Å². The molecule has 11 heavy (non-hydrogen) atoms. The minimum Gasteiger partial charge on any atom is -0.392 e. The topological polar surface area (TPSA) is 40.5 Å². The summed E-state index contributed by atoms with van der Waals surface area (Å²) in [5.74, 6) is 0.0147. The molecule has 3 heteroatoms. The molecule has 0 fully saturated rings. The van der Waals surface area contributed by atoms with Gasteiger partial charge in [-0.25, -0.2) is 0 Å². The third-order valence-corrected chi connectivity index (χ3v) is 1.49. The van der Waals surface area contributed by atoms with Crippen molar-refractivity contribution in [1.82, 2.24) is 4.90 Å². The monoisotopic (exact) mass is 159 g/mol. The Balaban J connectivity index is 4.01. The Morgan fingerprint density at radius 3 is 2.00 bits per heavy atom. The second kappa shape index (κ2) is 4.34. The number of carbonyl (C=O) groups excluding carboxylic acids is 1. The first kappa shape index (κ1) is 10.4. The lowest BCUT2D eigenvalue weighted by Gasteiger charge is -2.26. The van der Waals surface area contributed by atoms with Crippen LogP contribution in [0.5, 0.6) is 0 Å². The van der Waals surface area contributed by atoms with Crippen LogP contribution >= 0.6 is 0 Å². The van der Waals surface area contributed by atoms with Crippen molar-refractivity contribution in [1.29, 1.82) is 0 Å². The fourth-order valence-corrected chi connectivity index (χ4v) is 0.988. The van der Waals surface area contributed by atoms with Crippen molar-refractivity contribution in [2.24, 2.45) is 0 Å². The highest BCUT2D eigenvalue weighted by atomic mass is 16.3. The molecular weight excluding hydrogens is 142 g/mol. The molecule has 0 spiro atoms. The average molecular weight is 159 g/mol. The molecule has 0 saturated heterocycles. The maximum absolute atomic E-state index is 10.9. The second-order valence-electron chi connectivity index (χ2n) is 3.11. The minimum absolute atomic E-state index is 0.0147. The van der Waals surface area contributed by atoms with Crippen LogP contribution in [0, 0.1) is 0 Å². The molecule has 1 N–H and O–H groups in total. The number of rotatable bonds is 3. The van der Waals surface area contributed by atoms with E-state index in [0.717, 1.165) is 0 Å². The van der Waals surface area contributed by atoms with Gasteiger partial charge in [-0.15, -0.1) is 0 Å². The molecule has 0 aromatic carbocycles. The summed E-state index contributed by atoms with van der Waals surface area (Å²) in [6, 6.07) is 0.169. The molecule has 0 aromatic rings. The maximum atomic E-state index is 10.9. The second-order valence-corrected chi connectivity index (χ2v) is 3.11. The van der Waals surface area contributed by atoms with E-state index in [0.29, 0.717) is 6.54 Å². The zero-order valence-electron chi connectivity index (χ0n) is 7.66. The number of hydrogen-bond donors (Lipinski definition) is 1. The molecule has 0 aromatic heterocycles. The van der Waals surface area contributed by atoms with Crippen molar-refractivity contribution in [2.75, 3.05) is 6.54 Å². The van der Waals surface area contributed by atoms with E-state index < -0.39 is 6.10 Å². The predicted molar refractivity (Wildman–Crippen MR) is 44.2 cm³/mol. The number of nitrogens with zero attached hydrogens (tertiary/aromatic N) is 1. The molecule has 1 atom stereocenters. The summed E-state index contributed by atoms with van der Waals surface area (Å²) in [7, 11) is 0. The fourth-order valence-electron chi connectivity index (χ4n) is 0.988. The molecule has 0 aliphatic rings. The van der Waals surface area contributed by atoms with Gasteiger partial charge < -0.3 is 10.0 Å². The zero-order valence-corrected chi connectivity index (χ0v) is 7.66. The van der Waals surface area contributed by atoms with E-state index in [9.17, 15) is 4.79 Å². The van der Waals surface area contributed by atoms with Gasteiger partial charge in [-0.05, 0) is 20.8 Å². The molecule has 0 saturated carbocycles. The predicted octanol–water partition coefficient (Wildman–Crippen LogP) is 0.624. The normalized spacial score (nSPS) is 13.3. The van der Waals surface area contributed by atoms with Crippen molar-refractivity contribution >= 4 is 5.91 Å². The summed E-state index contributed by atoms with van der Waals surface area (Å²) in [5, 5.41) is 9.03. The summed E-state index contributed by atoms with van der Waals surface area (Å²) in [6.45, 7) is 7.49. The Morgan fingerprint density at radius 1 is 1.45 bits per heavy atom. The molecule has 0 heterocycles. The van der Waals surface area contributed by atoms with E-state index in [1.807, 2.05) is 13.8 Å². The van der Waals surface area contributed by atoms with E-state index >= 15 is 0 Å². The summed E-state index contributed by atoms with van der Waals surface area (Å²) in [4.78, 5) is 12.6. The molecule has 0 aliphatic heterocycles. The third kappa shape index (κ3) is 3.98. The van der Waals surface area contributed by atoms with Crippen molar-refractivity contribution in [3.8, 4) is 0 Å². The molecule has 3 nitrogen and oxygen atoms in total. The Kier molecular flexibility index (Phi) is 4.11. The van der Waals surface area contributed by atoms with Crippen LogP contribution in [-0.4, -0.2) is 34.6 Å². The number of carbonyl (C=O) groups is 1. The van der Waals surface area contributed by atoms with E-state index in [1.165, 1.54) is 6.92 Å². The van der Waals surface area contributed by atoms with Crippen LogP contribution in [0.2, 0.25) is 0 Å². The number of aliphatic hydroxyl groups is 1. The van der Waals surface area contributed by atoms with Crippen molar-refractivity contribution in [3.05, 3.63) is 0 Å². The standard InChI is InChI=1S/C8H17NO2/c1-6(2)9(8(4)11)5-7(3)10/h6-7,10H,5H2,1-4H3. The van der Waals surface area contributed by atoms with Gasteiger partial charge in [-0.2, -0.15) is 0 Å². The van der Waals surface area contributed by atoms with Crippen molar-refractivity contribution < 1.29 is 9.90 Å². The summed E-state index contributed by atoms with van der Waals surface area (Å²) < 4.78 is 0. The lowest BCUT2D eigenvalue weighted by Crippen LogP contribution is -2.39. The van der Waals surface area contributed by atoms with E-state index in [2.05, 4.69) is 0 Å². The van der Waals surface area contributed by atoms with E-state index in [1.54, 1.807) is 11.8 Å². The Bertz CT molecular complexity index is 132. The van der Waals surface area contributed by atoms with Crippen LogP contribution in [0.15, 0.2) is 0 Å². The van der Waals surface area contributed by atoms with Crippen LogP contribution in [0.1, 0.15) is 27.7 Å². The van der Waals surface area contributed by atoms with E-state index in [4.69, 9.17) is 5.11 Å². The van der Waals surface area contributed by atoms with Gasteiger partial charge in [-0.1, -0.05) is 0 Å². The Labute approximate surface area is 68.0 Å². The molecule has 0 bridgehead atoms. The maximum Gasteiger partial charge on any atom is 0.219 e. The molecular formula is C8H17NO2. The van der Waals surface area contributed by atoms with Crippen molar-refractivity contribution in [2.45, 2.75) is 39.8 Å². The Hall–Kier alpha value is -0.570. The quantitative estimate of drug-likeness (QED) is 0.656. The van der Waals surface area contributed by atoms with Gasteiger partial charge in [0.15, 0.2) is 0 Å². The first-order valence-corrected chi connectivity index (χ1v) is 3.90. The lowest BCUT2D eigenvalue weighted by molar-refractivity contribution is -0.131. The highest BCUT2D eigenvalue weighted by Crippen LogP contribution is 1.99. The summed E-state index contributed by atoms with van der Waals surface area (Å²) in [6.07, 6.45) is -0.443. The third-order valence-electron chi connectivity index (χ3n) is 1.49. The van der Waals surface area contributed by atoms with Crippen molar-refractivity contribution in [3.63, 3.8) is 0 Å². The van der Waals surface area contributed by atoms with Gasteiger partial charge >= 0.3 is 0 Å². The Morgan fingerprint density at radius 2 is 1.91 bits per heavy atom. The van der Waals surface area contributed by atoms with Gasteiger partial charge in [0, 0.05) is 19.5 Å². The minimum atomic E-state index is -0.443. The molecule has 1 unspecified atom stereocenters. The van der Waals surface area contributed by atoms with Gasteiger partial charge in [0.05, 0.1) is 6.10 Å². The summed E-state index contributed by atoms with van der Waals surface area (Å²) >= 11 is 0. The number of amides is 1. The number of aliphatic hydroxyl groups excluding tert-OH is 1. The largest absolute Gasteiger partial charge is 0.392 e. The highest BCUT2D eigenvalue weighted by Gasteiger charge is 2.13. The van der Waals surface area contributed by atoms with Crippen LogP contribution in [-0.2, 0) is 4.79 Å². The van der Waals surface area contributed by atoms with Crippen LogP contribution in [0.4, 0.5) is 0 Å². The van der Waals surface area contributed by atoms with Gasteiger partial charge in [0.1, 0.15) is 0 Å².